The van der Waals surface area contributed by atoms with Crippen molar-refractivity contribution in [2.24, 2.45) is 11.8 Å². The molecule has 1 aliphatic heterocycles. The summed E-state index contributed by atoms with van der Waals surface area (Å²) < 4.78 is 24.4. The van der Waals surface area contributed by atoms with Gasteiger partial charge in [0.05, 0.1) is 12.5 Å². The molecule has 116 valence electrons. The lowest BCUT2D eigenvalue weighted by Crippen LogP contribution is -2.53. The van der Waals surface area contributed by atoms with Gasteiger partial charge in [0, 0.05) is 25.6 Å². The summed E-state index contributed by atoms with van der Waals surface area (Å²) in [4.78, 5) is 24.6. The quantitative estimate of drug-likeness (QED) is 0.771. The third kappa shape index (κ3) is 5.40. The summed E-state index contributed by atoms with van der Waals surface area (Å²) >= 11 is 0. The average Bonchev–Trinajstić information content (AvgIpc) is 2.35. The maximum absolute atomic E-state index is 12.2. The number of rotatable bonds is 6. The molecule has 1 fully saturated rings. The van der Waals surface area contributed by atoms with Gasteiger partial charge < -0.3 is 15.3 Å². The van der Waals surface area contributed by atoms with Crippen LogP contribution < -0.4 is 5.32 Å². The van der Waals surface area contributed by atoms with Crippen molar-refractivity contribution < 1.29 is 23.5 Å². The smallest absolute Gasteiger partial charge is 0.308 e. The molecule has 2 atom stereocenters. The Bertz CT molecular complexity index is 351. The van der Waals surface area contributed by atoms with Crippen molar-refractivity contribution in [3.63, 3.8) is 0 Å². The molecule has 0 saturated carbocycles. The molecule has 1 aliphatic rings. The molecule has 0 aromatic carbocycles. The van der Waals surface area contributed by atoms with E-state index in [1.165, 1.54) is 4.90 Å². The Labute approximate surface area is 117 Å². The lowest BCUT2D eigenvalue weighted by molar-refractivity contribution is -0.146. The fourth-order valence-corrected chi connectivity index (χ4v) is 2.36. The van der Waals surface area contributed by atoms with E-state index < -0.39 is 30.9 Å². The molecule has 7 heteroatoms. The summed E-state index contributed by atoms with van der Waals surface area (Å²) in [6, 6.07) is -0.394. The number of hydrogen-bond acceptors (Lipinski definition) is 3. The maximum Gasteiger partial charge on any atom is 0.308 e. The van der Waals surface area contributed by atoms with Gasteiger partial charge in [-0.15, -0.1) is 0 Å². The van der Waals surface area contributed by atoms with E-state index in [1.807, 2.05) is 13.8 Å². The predicted molar refractivity (Wildman–Crippen MR) is 69.6 cm³/mol. The van der Waals surface area contributed by atoms with Gasteiger partial charge in [0.1, 0.15) is 0 Å². The standard InChI is InChI=1S/C13H22F2N2O3/c1-8(2)3-12(18)17-6-9(13(19)20)4-10(7-17)16-5-11(14)15/h8-11,16H,3-7H2,1-2H3,(H,19,20). The second-order valence-electron chi connectivity index (χ2n) is 5.66. The van der Waals surface area contributed by atoms with E-state index in [1.54, 1.807) is 0 Å². The highest BCUT2D eigenvalue weighted by atomic mass is 19.3. The normalized spacial score (nSPS) is 23.4. The molecule has 20 heavy (non-hydrogen) atoms. The SMILES string of the molecule is CC(C)CC(=O)N1CC(NCC(F)F)CC(C(=O)O)C1. The van der Waals surface area contributed by atoms with Crippen LogP contribution in [0.25, 0.3) is 0 Å². The van der Waals surface area contributed by atoms with Gasteiger partial charge in [-0.1, -0.05) is 13.8 Å². The van der Waals surface area contributed by atoms with Crippen LogP contribution in [-0.2, 0) is 9.59 Å². The Hall–Kier alpha value is -1.24. The lowest BCUT2D eigenvalue weighted by Gasteiger charge is -2.37. The first-order valence-corrected chi connectivity index (χ1v) is 6.81. The second kappa shape index (κ2) is 7.52. The lowest BCUT2D eigenvalue weighted by atomic mass is 9.93. The van der Waals surface area contributed by atoms with Gasteiger partial charge >= 0.3 is 5.97 Å². The zero-order valence-electron chi connectivity index (χ0n) is 11.8. The number of hydrogen-bond donors (Lipinski definition) is 2. The number of carbonyl (C=O) groups excluding carboxylic acids is 1. The number of alkyl halides is 2. The Balaban J connectivity index is 2.65. The van der Waals surface area contributed by atoms with Crippen LogP contribution in [0, 0.1) is 11.8 Å². The number of nitrogens with zero attached hydrogens (tertiary/aromatic N) is 1. The molecule has 1 rings (SSSR count). The van der Waals surface area contributed by atoms with Gasteiger partial charge in [0.2, 0.25) is 5.91 Å². The largest absolute Gasteiger partial charge is 0.481 e. The Morgan fingerprint density at radius 3 is 2.50 bits per heavy atom. The summed E-state index contributed by atoms with van der Waals surface area (Å²) in [7, 11) is 0. The van der Waals surface area contributed by atoms with E-state index in [9.17, 15) is 18.4 Å². The van der Waals surface area contributed by atoms with Crippen LogP contribution in [0.15, 0.2) is 0 Å². The van der Waals surface area contributed by atoms with Crippen LogP contribution in [0.5, 0.6) is 0 Å². The highest BCUT2D eigenvalue weighted by Gasteiger charge is 2.33. The van der Waals surface area contributed by atoms with Crippen molar-refractivity contribution in [1.82, 2.24) is 10.2 Å². The summed E-state index contributed by atoms with van der Waals surface area (Å²) in [5.41, 5.74) is 0. The number of piperidine rings is 1. The molecule has 0 aromatic rings. The summed E-state index contributed by atoms with van der Waals surface area (Å²) in [5.74, 6) is -1.62. The first-order chi connectivity index (χ1) is 9.29. The number of carboxylic acid groups (broad SMARTS) is 1. The molecule has 1 saturated heterocycles. The van der Waals surface area contributed by atoms with Crippen molar-refractivity contribution in [2.45, 2.75) is 39.2 Å². The zero-order chi connectivity index (χ0) is 15.3. The van der Waals surface area contributed by atoms with Gasteiger partial charge in [-0.3, -0.25) is 9.59 Å². The van der Waals surface area contributed by atoms with E-state index in [-0.39, 0.29) is 24.8 Å². The monoisotopic (exact) mass is 292 g/mol. The van der Waals surface area contributed by atoms with Crippen LogP contribution in [-0.4, -0.2) is 54.0 Å². The first kappa shape index (κ1) is 16.8. The molecular weight excluding hydrogens is 270 g/mol. The van der Waals surface area contributed by atoms with E-state index in [0.29, 0.717) is 13.0 Å². The van der Waals surface area contributed by atoms with Gasteiger partial charge in [-0.2, -0.15) is 0 Å². The number of likely N-dealkylation sites (tertiary alicyclic amines) is 1. The predicted octanol–water partition coefficient (Wildman–Crippen LogP) is 1.19. The number of halogens is 2. The third-order valence-electron chi connectivity index (χ3n) is 3.30. The molecular formula is C13H22F2N2O3. The van der Waals surface area contributed by atoms with Crippen LogP contribution >= 0.6 is 0 Å². The van der Waals surface area contributed by atoms with Gasteiger partial charge in [-0.05, 0) is 12.3 Å². The van der Waals surface area contributed by atoms with Gasteiger partial charge in [-0.25, -0.2) is 8.78 Å². The minimum atomic E-state index is -2.49. The Morgan fingerprint density at radius 1 is 1.35 bits per heavy atom. The summed E-state index contributed by atoms with van der Waals surface area (Å²) in [6.07, 6.45) is -1.87. The topological polar surface area (TPSA) is 69.6 Å². The minimum Gasteiger partial charge on any atom is -0.481 e. The van der Waals surface area contributed by atoms with Crippen LogP contribution in [0.3, 0.4) is 0 Å². The number of aliphatic carboxylic acids is 1. The maximum atomic E-state index is 12.2. The highest BCUT2D eigenvalue weighted by Crippen LogP contribution is 2.19. The van der Waals surface area contributed by atoms with Crippen molar-refractivity contribution in [3.8, 4) is 0 Å². The van der Waals surface area contributed by atoms with E-state index in [2.05, 4.69) is 5.32 Å². The molecule has 2 N–H and O–H groups in total. The van der Waals surface area contributed by atoms with Crippen molar-refractivity contribution in [2.75, 3.05) is 19.6 Å². The first-order valence-electron chi connectivity index (χ1n) is 6.81. The molecule has 0 bridgehead atoms. The van der Waals surface area contributed by atoms with Crippen molar-refractivity contribution >= 4 is 11.9 Å². The summed E-state index contributed by atoms with van der Waals surface area (Å²) in [6.45, 7) is 3.78. The van der Waals surface area contributed by atoms with Crippen molar-refractivity contribution in [1.29, 1.82) is 0 Å². The number of amides is 1. The molecule has 1 amide bonds. The zero-order valence-corrected chi connectivity index (χ0v) is 11.8. The molecule has 0 aromatic heterocycles. The Morgan fingerprint density at radius 2 is 2.00 bits per heavy atom. The second-order valence-corrected chi connectivity index (χ2v) is 5.66. The molecule has 2 unspecified atom stereocenters. The fourth-order valence-electron chi connectivity index (χ4n) is 2.36. The number of carboxylic acids is 1. The Kier molecular flexibility index (Phi) is 6.32. The van der Waals surface area contributed by atoms with Crippen molar-refractivity contribution in [3.05, 3.63) is 0 Å². The molecule has 5 nitrogen and oxygen atoms in total. The fraction of sp³-hybridized carbons (Fsp3) is 0.846. The molecule has 1 heterocycles. The number of nitrogens with one attached hydrogen (secondary N) is 1. The van der Waals surface area contributed by atoms with E-state index in [0.717, 1.165) is 0 Å². The van der Waals surface area contributed by atoms with E-state index in [4.69, 9.17) is 5.11 Å². The van der Waals surface area contributed by atoms with Crippen LogP contribution in [0.1, 0.15) is 26.7 Å². The molecule has 0 radical (unpaired) electrons. The van der Waals surface area contributed by atoms with Crippen LogP contribution in [0.4, 0.5) is 8.78 Å². The third-order valence-corrected chi connectivity index (χ3v) is 3.30. The highest BCUT2D eigenvalue weighted by molar-refractivity contribution is 5.78. The minimum absolute atomic E-state index is 0.116. The summed E-state index contributed by atoms with van der Waals surface area (Å²) in [5, 5.41) is 11.7. The van der Waals surface area contributed by atoms with E-state index >= 15 is 0 Å². The molecule has 0 spiro atoms. The van der Waals surface area contributed by atoms with Crippen LogP contribution in [0.2, 0.25) is 0 Å². The average molecular weight is 292 g/mol. The van der Waals surface area contributed by atoms with Gasteiger partial charge in [0.15, 0.2) is 0 Å². The van der Waals surface area contributed by atoms with Gasteiger partial charge in [0.25, 0.3) is 6.43 Å². The molecule has 0 aliphatic carbocycles. The number of carbonyl (C=O) groups is 2.